The average Bonchev–Trinajstić information content (AvgIpc) is 2.00. The van der Waals surface area contributed by atoms with Crippen LogP contribution in [0.25, 0.3) is 0 Å². The summed E-state index contributed by atoms with van der Waals surface area (Å²) in [6.07, 6.45) is 0.608. The van der Waals surface area contributed by atoms with Gasteiger partial charge in [0.05, 0.1) is 6.07 Å². The van der Waals surface area contributed by atoms with Crippen LogP contribution in [-0.4, -0.2) is 26.4 Å². The Bertz CT molecular complexity index is 130. The van der Waals surface area contributed by atoms with Crippen LogP contribution in [0.15, 0.2) is 0 Å². The van der Waals surface area contributed by atoms with Crippen LogP contribution < -0.4 is 0 Å². The zero-order valence-corrected chi connectivity index (χ0v) is 6.68. The molecule has 0 aliphatic heterocycles. The molecule has 3 nitrogen and oxygen atoms in total. The fourth-order valence-corrected chi connectivity index (χ4v) is 0.500. The first-order valence-corrected chi connectivity index (χ1v) is 3.14. The molecule has 3 heteroatoms. The van der Waals surface area contributed by atoms with Crippen molar-refractivity contribution in [3.05, 3.63) is 0 Å². The third-order valence-electron chi connectivity index (χ3n) is 1.47. The van der Waals surface area contributed by atoms with Crippen molar-refractivity contribution in [2.75, 3.05) is 20.8 Å². The first kappa shape index (κ1) is 9.41. The lowest BCUT2D eigenvalue weighted by Gasteiger charge is -2.18. The molecule has 0 rings (SSSR count). The predicted molar refractivity (Wildman–Crippen MR) is 37.5 cm³/mol. The molecular formula is C7H13NO2. The van der Waals surface area contributed by atoms with Crippen molar-refractivity contribution >= 4 is 0 Å². The van der Waals surface area contributed by atoms with Gasteiger partial charge in [-0.05, 0) is 6.92 Å². The number of nitrogens with zero attached hydrogens (tertiary/aromatic N) is 1. The van der Waals surface area contributed by atoms with Gasteiger partial charge in [-0.2, -0.15) is 5.26 Å². The van der Waals surface area contributed by atoms with Gasteiger partial charge in [0, 0.05) is 27.2 Å². The van der Waals surface area contributed by atoms with Gasteiger partial charge in [0.1, 0.15) is 0 Å². The highest BCUT2D eigenvalue weighted by Crippen LogP contribution is 2.11. The molecule has 0 radical (unpaired) electrons. The molecule has 0 saturated heterocycles. The van der Waals surface area contributed by atoms with Gasteiger partial charge in [0.25, 0.3) is 0 Å². The summed E-state index contributed by atoms with van der Waals surface area (Å²) >= 11 is 0. The normalized spacial score (nSPS) is 15.8. The van der Waals surface area contributed by atoms with Crippen molar-refractivity contribution in [1.29, 1.82) is 5.26 Å². The van der Waals surface area contributed by atoms with E-state index in [1.54, 1.807) is 14.0 Å². The van der Waals surface area contributed by atoms with Crippen LogP contribution in [0, 0.1) is 11.3 Å². The highest BCUT2D eigenvalue weighted by Gasteiger charge is 2.21. The van der Waals surface area contributed by atoms with E-state index < -0.39 is 5.60 Å². The van der Waals surface area contributed by atoms with Gasteiger partial charge in [-0.3, -0.25) is 0 Å². The summed E-state index contributed by atoms with van der Waals surface area (Å²) < 4.78 is 9.76. The summed E-state index contributed by atoms with van der Waals surface area (Å²) in [5.74, 6) is 0. The van der Waals surface area contributed by atoms with Gasteiger partial charge in [-0.1, -0.05) is 0 Å². The largest absolute Gasteiger partial charge is 0.385 e. The monoisotopic (exact) mass is 143 g/mol. The molecule has 1 atom stereocenters. The van der Waals surface area contributed by atoms with Crippen LogP contribution in [0.1, 0.15) is 13.3 Å². The molecule has 0 bridgehead atoms. The molecule has 0 amide bonds. The van der Waals surface area contributed by atoms with Crippen molar-refractivity contribution in [1.82, 2.24) is 0 Å². The van der Waals surface area contributed by atoms with Gasteiger partial charge in [-0.25, -0.2) is 0 Å². The molecule has 0 heterocycles. The van der Waals surface area contributed by atoms with E-state index >= 15 is 0 Å². The lowest BCUT2D eigenvalue weighted by Crippen LogP contribution is -2.26. The van der Waals surface area contributed by atoms with E-state index in [-0.39, 0.29) is 0 Å². The minimum atomic E-state index is -0.685. The maximum absolute atomic E-state index is 8.58. The third kappa shape index (κ3) is 2.81. The smallest absolute Gasteiger partial charge is 0.153 e. The molecule has 10 heavy (non-hydrogen) atoms. The van der Waals surface area contributed by atoms with E-state index in [1.165, 1.54) is 7.11 Å². The van der Waals surface area contributed by atoms with Crippen molar-refractivity contribution in [3.8, 4) is 6.07 Å². The fourth-order valence-electron chi connectivity index (χ4n) is 0.500. The summed E-state index contributed by atoms with van der Waals surface area (Å²) in [7, 11) is 3.13. The van der Waals surface area contributed by atoms with Crippen molar-refractivity contribution in [2.24, 2.45) is 0 Å². The summed E-state index contributed by atoms with van der Waals surface area (Å²) in [6, 6.07) is 2.06. The Morgan fingerprint density at radius 1 is 1.50 bits per heavy atom. The van der Waals surface area contributed by atoms with Crippen molar-refractivity contribution in [2.45, 2.75) is 18.9 Å². The van der Waals surface area contributed by atoms with E-state index in [2.05, 4.69) is 6.07 Å². The van der Waals surface area contributed by atoms with Crippen LogP contribution in [0.2, 0.25) is 0 Å². The molecule has 0 spiro atoms. The lowest BCUT2D eigenvalue weighted by molar-refractivity contribution is 0.0259. The summed E-state index contributed by atoms with van der Waals surface area (Å²) in [4.78, 5) is 0. The predicted octanol–water partition coefficient (Wildman–Crippen LogP) is 0.952. The fraction of sp³-hybridized carbons (Fsp3) is 0.857. The number of rotatable bonds is 4. The van der Waals surface area contributed by atoms with E-state index in [0.29, 0.717) is 13.0 Å². The Balaban J connectivity index is 3.72. The molecular weight excluding hydrogens is 130 g/mol. The van der Waals surface area contributed by atoms with Gasteiger partial charge in [0.15, 0.2) is 5.60 Å². The second-order valence-electron chi connectivity index (χ2n) is 2.29. The summed E-state index contributed by atoms with van der Waals surface area (Å²) in [5.41, 5.74) is -0.685. The second-order valence-corrected chi connectivity index (χ2v) is 2.29. The van der Waals surface area contributed by atoms with E-state index in [9.17, 15) is 0 Å². The number of hydrogen-bond donors (Lipinski definition) is 0. The minimum Gasteiger partial charge on any atom is -0.385 e. The molecule has 0 fully saturated rings. The van der Waals surface area contributed by atoms with Crippen LogP contribution in [0.4, 0.5) is 0 Å². The molecule has 0 N–H and O–H groups in total. The first-order chi connectivity index (χ1) is 4.68. The quantitative estimate of drug-likeness (QED) is 0.588. The van der Waals surface area contributed by atoms with Gasteiger partial charge in [0.2, 0.25) is 0 Å². The van der Waals surface area contributed by atoms with Crippen LogP contribution in [0.5, 0.6) is 0 Å². The van der Waals surface area contributed by atoms with Gasteiger partial charge in [-0.15, -0.1) is 0 Å². The SMILES string of the molecule is COCCC(C)(C#N)OC. The second kappa shape index (κ2) is 4.26. The molecule has 1 unspecified atom stereocenters. The molecule has 0 aromatic rings. The molecule has 58 valence electrons. The topological polar surface area (TPSA) is 42.2 Å². The Hall–Kier alpha value is -0.590. The van der Waals surface area contributed by atoms with E-state index in [4.69, 9.17) is 14.7 Å². The standard InChI is InChI=1S/C7H13NO2/c1-7(6-8,10-3)4-5-9-2/h4-5H2,1-3H3. The first-order valence-electron chi connectivity index (χ1n) is 3.14. The highest BCUT2D eigenvalue weighted by atomic mass is 16.5. The lowest BCUT2D eigenvalue weighted by atomic mass is 10.1. The number of nitriles is 1. The number of ether oxygens (including phenoxy) is 2. The molecule has 0 aliphatic rings. The van der Waals surface area contributed by atoms with Crippen molar-refractivity contribution in [3.63, 3.8) is 0 Å². The van der Waals surface area contributed by atoms with Crippen LogP contribution in [-0.2, 0) is 9.47 Å². The Morgan fingerprint density at radius 3 is 2.40 bits per heavy atom. The molecule has 0 aromatic carbocycles. The maximum atomic E-state index is 8.58. The molecule has 0 saturated carbocycles. The zero-order chi connectivity index (χ0) is 8.04. The summed E-state index contributed by atoms with van der Waals surface area (Å²) in [5, 5.41) is 8.58. The average molecular weight is 143 g/mol. The van der Waals surface area contributed by atoms with E-state index in [1.807, 2.05) is 0 Å². The Labute approximate surface area is 61.5 Å². The molecule has 0 aromatic heterocycles. The Morgan fingerprint density at radius 2 is 2.10 bits per heavy atom. The van der Waals surface area contributed by atoms with Crippen LogP contribution >= 0.6 is 0 Å². The summed E-state index contributed by atoms with van der Waals surface area (Å²) in [6.45, 7) is 2.30. The van der Waals surface area contributed by atoms with Gasteiger partial charge < -0.3 is 9.47 Å². The maximum Gasteiger partial charge on any atom is 0.153 e. The number of methoxy groups -OCH3 is 2. The van der Waals surface area contributed by atoms with E-state index in [0.717, 1.165) is 0 Å². The zero-order valence-electron chi connectivity index (χ0n) is 6.68. The van der Waals surface area contributed by atoms with Gasteiger partial charge >= 0.3 is 0 Å². The van der Waals surface area contributed by atoms with Crippen molar-refractivity contribution < 1.29 is 9.47 Å². The van der Waals surface area contributed by atoms with Crippen LogP contribution in [0.3, 0.4) is 0 Å². The number of hydrogen-bond acceptors (Lipinski definition) is 3. The minimum absolute atomic E-state index is 0.553. The molecule has 0 aliphatic carbocycles. The Kier molecular flexibility index (Phi) is 4.01. The third-order valence-corrected chi connectivity index (χ3v) is 1.47. The highest BCUT2D eigenvalue weighted by molar-refractivity contribution is 4.97.